The van der Waals surface area contributed by atoms with Gasteiger partial charge in [0.25, 0.3) is 0 Å². The van der Waals surface area contributed by atoms with E-state index in [0.717, 1.165) is 6.08 Å². The van der Waals surface area contributed by atoms with Crippen LogP contribution in [0.4, 0.5) is 13.2 Å². The van der Waals surface area contributed by atoms with Crippen LogP contribution >= 0.6 is 0 Å². The smallest absolute Gasteiger partial charge is 0.200 e. The van der Waals surface area contributed by atoms with Crippen molar-refractivity contribution in [2.24, 2.45) is 11.8 Å². The fourth-order valence-electron chi connectivity index (χ4n) is 1.89. The Morgan fingerprint density at radius 3 is 1.83 bits per heavy atom. The van der Waals surface area contributed by atoms with Gasteiger partial charge in [-0.05, 0) is 35.8 Å². The van der Waals surface area contributed by atoms with E-state index in [4.69, 9.17) is 5.11 Å². The first-order chi connectivity index (χ1) is 11.0. The first-order valence-corrected chi connectivity index (χ1v) is 7.44. The summed E-state index contributed by atoms with van der Waals surface area (Å²) in [5.74, 6) is -4.35. The van der Waals surface area contributed by atoms with Gasteiger partial charge in [-0.15, -0.1) is 0 Å². The van der Waals surface area contributed by atoms with Gasteiger partial charge in [0.2, 0.25) is 0 Å². The summed E-state index contributed by atoms with van der Waals surface area (Å²) < 4.78 is 45.9. The topological polar surface area (TPSA) is 29.5 Å². The molecule has 0 aliphatic carbocycles. The Hall–Kier alpha value is -2.17. The van der Waals surface area contributed by atoms with Gasteiger partial charge in [0, 0.05) is 6.08 Å². The predicted molar refractivity (Wildman–Crippen MR) is 92.2 cm³/mol. The van der Waals surface area contributed by atoms with Crippen molar-refractivity contribution in [1.82, 2.24) is 0 Å². The second-order valence-electron chi connectivity index (χ2n) is 5.67. The number of hydrogen-bond donors (Lipinski definition) is 1. The van der Waals surface area contributed by atoms with Crippen molar-refractivity contribution in [2.45, 2.75) is 26.7 Å². The van der Waals surface area contributed by atoms with Gasteiger partial charge >= 0.3 is 0 Å². The fourth-order valence-corrected chi connectivity index (χ4v) is 1.89. The molecule has 0 aliphatic heterocycles. The molecule has 0 aromatic rings. The average molecular weight is 342 g/mol. The lowest BCUT2D eigenvalue weighted by molar-refractivity contribution is 0.280. The molecule has 0 aromatic carbocycles. The van der Waals surface area contributed by atoms with E-state index in [1.807, 2.05) is 0 Å². The van der Waals surface area contributed by atoms with Gasteiger partial charge in [-0.2, -0.15) is 4.39 Å². The quantitative estimate of drug-likeness (QED) is 0.368. The molecule has 0 fully saturated rings. The molecule has 2 unspecified atom stereocenters. The molecule has 0 amide bonds. The maximum Gasteiger partial charge on any atom is 0.200 e. The SMILES string of the molecule is C=C(O)/C=C(/F)C(=C)C(C)CCC(C)C(=C)/C(F)=C(/F)C(=C)OC. The Morgan fingerprint density at radius 2 is 1.42 bits per heavy atom. The number of hydrogen-bond acceptors (Lipinski definition) is 2. The molecule has 0 aliphatic rings. The lowest BCUT2D eigenvalue weighted by Gasteiger charge is -2.18. The molecule has 0 saturated carbocycles. The van der Waals surface area contributed by atoms with Crippen LogP contribution in [0, 0.1) is 11.8 Å². The predicted octanol–water partition coefficient (Wildman–Crippen LogP) is 6.39. The zero-order chi connectivity index (χ0) is 19.0. The number of methoxy groups -OCH3 is 1. The normalized spacial score (nSPS) is 15.2. The van der Waals surface area contributed by atoms with Crippen LogP contribution in [0.25, 0.3) is 0 Å². The molecular formula is C19H25F3O2. The number of rotatable bonds is 10. The van der Waals surface area contributed by atoms with Gasteiger partial charge in [-0.1, -0.05) is 40.2 Å². The molecule has 134 valence electrons. The van der Waals surface area contributed by atoms with E-state index < -0.39 is 29.0 Å². The van der Waals surface area contributed by atoms with Crippen LogP contribution in [0.5, 0.6) is 0 Å². The zero-order valence-electron chi connectivity index (χ0n) is 14.5. The maximum absolute atomic E-state index is 14.0. The summed E-state index contributed by atoms with van der Waals surface area (Å²) in [4.78, 5) is 0. The molecule has 2 nitrogen and oxygen atoms in total. The zero-order valence-corrected chi connectivity index (χ0v) is 14.5. The second kappa shape index (κ2) is 9.85. The molecule has 24 heavy (non-hydrogen) atoms. The van der Waals surface area contributed by atoms with Gasteiger partial charge in [0.15, 0.2) is 11.7 Å². The van der Waals surface area contributed by atoms with Gasteiger partial charge in [0.05, 0.1) is 7.11 Å². The third kappa shape index (κ3) is 6.52. The maximum atomic E-state index is 14.0. The molecule has 0 aromatic heterocycles. The Kier molecular flexibility index (Phi) is 8.96. The highest BCUT2D eigenvalue weighted by Crippen LogP contribution is 2.31. The molecule has 5 heteroatoms. The summed E-state index contributed by atoms with van der Waals surface area (Å²) in [6.07, 6.45) is 1.82. The lowest BCUT2D eigenvalue weighted by atomic mass is 9.88. The highest BCUT2D eigenvalue weighted by molar-refractivity contribution is 5.33. The standard InChI is InChI=1S/C19H25F3O2/c1-11(14(4)17(20)10-13(3)23)8-9-12(2)15(5)18(21)19(22)16(6)24-7/h10-12,23H,3-6,8-9H2,1-2,7H3/b17-10+,19-18-. The van der Waals surface area contributed by atoms with E-state index in [1.165, 1.54) is 7.11 Å². The van der Waals surface area contributed by atoms with Crippen molar-refractivity contribution in [1.29, 1.82) is 0 Å². The molecule has 0 bridgehead atoms. The number of allylic oxidation sites excluding steroid dienone is 6. The van der Waals surface area contributed by atoms with E-state index in [-0.39, 0.29) is 23.0 Å². The minimum Gasteiger partial charge on any atom is -0.508 e. The monoisotopic (exact) mass is 342 g/mol. The van der Waals surface area contributed by atoms with Crippen molar-refractivity contribution in [3.8, 4) is 0 Å². The molecule has 1 N–H and O–H groups in total. The highest BCUT2D eigenvalue weighted by Gasteiger charge is 2.20. The summed E-state index contributed by atoms with van der Waals surface area (Å²) in [5, 5.41) is 8.96. The van der Waals surface area contributed by atoms with E-state index in [1.54, 1.807) is 13.8 Å². The number of halogens is 3. The van der Waals surface area contributed by atoms with Crippen LogP contribution in [0.15, 0.2) is 72.5 Å². The van der Waals surface area contributed by atoms with Crippen LogP contribution in [-0.2, 0) is 4.74 Å². The van der Waals surface area contributed by atoms with Crippen molar-refractivity contribution < 1.29 is 23.0 Å². The van der Waals surface area contributed by atoms with Crippen molar-refractivity contribution in [3.63, 3.8) is 0 Å². The number of ether oxygens (including phenoxy) is 1. The number of aliphatic hydroxyl groups excluding tert-OH is 1. The van der Waals surface area contributed by atoms with Gasteiger partial charge in [0.1, 0.15) is 17.3 Å². The van der Waals surface area contributed by atoms with Gasteiger partial charge < -0.3 is 9.84 Å². The Labute approximate surface area is 142 Å². The van der Waals surface area contributed by atoms with Crippen molar-refractivity contribution >= 4 is 0 Å². The van der Waals surface area contributed by atoms with Crippen LogP contribution in [-0.4, -0.2) is 12.2 Å². The third-order valence-corrected chi connectivity index (χ3v) is 3.79. The number of aliphatic hydroxyl groups is 1. The molecule has 0 spiro atoms. The fraction of sp³-hybridized carbons (Fsp3) is 0.368. The molecule has 0 heterocycles. The van der Waals surface area contributed by atoms with Crippen LogP contribution in [0.1, 0.15) is 26.7 Å². The van der Waals surface area contributed by atoms with Crippen LogP contribution in [0.2, 0.25) is 0 Å². The highest BCUT2D eigenvalue weighted by atomic mass is 19.2. The van der Waals surface area contributed by atoms with Gasteiger partial charge in [-0.25, -0.2) is 8.78 Å². The van der Waals surface area contributed by atoms with Crippen LogP contribution < -0.4 is 0 Å². The largest absolute Gasteiger partial charge is 0.508 e. The Balaban J connectivity index is 4.82. The summed E-state index contributed by atoms with van der Waals surface area (Å²) in [6.45, 7) is 17.1. The lowest BCUT2D eigenvalue weighted by Crippen LogP contribution is -2.06. The minimum atomic E-state index is -1.18. The van der Waals surface area contributed by atoms with Crippen LogP contribution in [0.3, 0.4) is 0 Å². The second-order valence-corrected chi connectivity index (χ2v) is 5.67. The Morgan fingerprint density at radius 1 is 0.958 bits per heavy atom. The van der Waals surface area contributed by atoms with E-state index >= 15 is 0 Å². The summed E-state index contributed by atoms with van der Waals surface area (Å²) >= 11 is 0. The third-order valence-electron chi connectivity index (χ3n) is 3.79. The summed E-state index contributed by atoms with van der Waals surface area (Å²) in [6, 6.07) is 0. The van der Waals surface area contributed by atoms with E-state index in [0.29, 0.717) is 12.8 Å². The summed E-state index contributed by atoms with van der Waals surface area (Å²) in [7, 11) is 1.19. The van der Waals surface area contributed by atoms with Crippen molar-refractivity contribution in [2.75, 3.05) is 7.11 Å². The molecule has 0 saturated heterocycles. The molecule has 0 radical (unpaired) electrons. The van der Waals surface area contributed by atoms with E-state index in [9.17, 15) is 13.2 Å². The Bertz CT molecular complexity index is 585. The molecular weight excluding hydrogens is 317 g/mol. The molecule has 0 rings (SSSR count). The first-order valence-electron chi connectivity index (χ1n) is 7.44. The first kappa shape index (κ1) is 21.8. The summed E-state index contributed by atoms with van der Waals surface area (Å²) in [5.41, 5.74) is 0.196. The van der Waals surface area contributed by atoms with E-state index in [2.05, 4.69) is 31.1 Å². The van der Waals surface area contributed by atoms with Gasteiger partial charge in [-0.3, -0.25) is 0 Å². The molecule has 2 atom stereocenters. The minimum absolute atomic E-state index is 0.0109. The van der Waals surface area contributed by atoms with Crippen molar-refractivity contribution in [3.05, 3.63) is 72.5 Å². The average Bonchev–Trinajstić information content (AvgIpc) is 2.54.